The third kappa shape index (κ3) is 3.41. The summed E-state index contributed by atoms with van der Waals surface area (Å²) in [6.45, 7) is 6.94. The number of aromatic nitrogens is 3. The largest absolute Gasteiger partial charge is 0.330 e. The summed E-state index contributed by atoms with van der Waals surface area (Å²) in [7, 11) is 0. The summed E-state index contributed by atoms with van der Waals surface area (Å²) in [6, 6.07) is 0. The summed E-state index contributed by atoms with van der Waals surface area (Å²) < 4.78 is 0. The van der Waals surface area contributed by atoms with E-state index < -0.39 is 0 Å². The Morgan fingerprint density at radius 2 is 1.75 bits per heavy atom. The molecule has 0 radical (unpaired) electrons. The van der Waals surface area contributed by atoms with Crippen LogP contribution in [0.3, 0.4) is 0 Å². The van der Waals surface area contributed by atoms with Crippen LogP contribution < -0.4 is 5.73 Å². The smallest absolute Gasteiger partial charge is 0.135 e. The van der Waals surface area contributed by atoms with E-state index in [1.54, 1.807) is 11.3 Å². The lowest BCUT2D eigenvalue weighted by molar-refractivity contribution is 0.800. The standard InChI is InChI=1S/C15H22N4S/c1-4-12-11(6-7-16)13(5-2)19-14(18-12)8-15-17-10(3)9-20-15/h9H,4-8,16H2,1-3H3. The van der Waals surface area contributed by atoms with Gasteiger partial charge in [-0.05, 0) is 38.3 Å². The maximum Gasteiger partial charge on any atom is 0.135 e. The van der Waals surface area contributed by atoms with Crippen molar-refractivity contribution < 1.29 is 0 Å². The summed E-state index contributed by atoms with van der Waals surface area (Å²) in [4.78, 5) is 13.9. The predicted molar refractivity (Wildman–Crippen MR) is 83.2 cm³/mol. The zero-order valence-corrected chi connectivity index (χ0v) is 13.3. The summed E-state index contributed by atoms with van der Waals surface area (Å²) >= 11 is 1.67. The van der Waals surface area contributed by atoms with Gasteiger partial charge >= 0.3 is 0 Å². The van der Waals surface area contributed by atoms with Crippen LogP contribution in [0, 0.1) is 6.92 Å². The second-order valence-electron chi connectivity index (χ2n) is 4.82. The van der Waals surface area contributed by atoms with Crippen molar-refractivity contribution in [3.8, 4) is 0 Å². The van der Waals surface area contributed by atoms with Gasteiger partial charge in [-0.25, -0.2) is 15.0 Å². The first-order chi connectivity index (χ1) is 9.67. The first-order valence-electron chi connectivity index (χ1n) is 7.16. The number of thiazole rings is 1. The Kier molecular flexibility index (Phi) is 5.20. The number of hydrogen-bond acceptors (Lipinski definition) is 5. The summed E-state index contributed by atoms with van der Waals surface area (Å²) in [5.41, 5.74) is 10.3. The highest BCUT2D eigenvalue weighted by Crippen LogP contribution is 2.17. The van der Waals surface area contributed by atoms with E-state index in [-0.39, 0.29) is 0 Å². The minimum atomic E-state index is 0.647. The van der Waals surface area contributed by atoms with E-state index in [2.05, 4.69) is 24.2 Å². The fraction of sp³-hybridized carbons (Fsp3) is 0.533. The lowest BCUT2D eigenvalue weighted by Gasteiger charge is -2.12. The SMILES string of the molecule is CCc1nc(Cc2nc(C)cs2)nc(CC)c1CCN. The Morgan fingerprint density at radius 1 is 1.10 bits per heavy atom. The number of nitrogens with two attached hydrogens (primary N) is 1. The predicted octanol–water partition coefficient (Wildman–Crippen LogP) is 2.46. The normalized spacial score (nSPS) is 11.0. The number of nitrogens with zero attached hydrogens (tertiary/aromatic N) is 3. The molecule has 108 valence electrons. The Labute approximate surface area is 124 Å². The highest BCUT2D eigenvalue weighted by atomic mass is 32.1. The van der Waals surface area contributed by atoms with Crippen molar-refractivity contribution in [2.45, 2.75) is 46.5 Å². The minimum Gasteiger partial charge on any atom is -0.330 e. The molecule has 0 saturated carbocycles. The van der Waals surface area contributed by atoms with Crippen molar-refractivity contribution in [3.05, 3.63) is 38.9 Å². The maximum atomic E-state index is 5.71. The average molecular weight is 290 g/mol. The third-order valence-corrected chi connectivity index (χ3v) is 4.23. The van der Waals surface area contributed by atoms with Crippen LogP contribution in [0.1, 0.15) is 47.3 Å². The number of rotatable bonds is 6. The Bertz CT molecular complexity index is 552. The molecule has 2 rings (SSSR count). The summed E-state index contributed by atoms with van der Waals surface area (Å²) in [5.74, 6) is 0.883. The van der Waals surface area contributed by atoms with E-state index in [0.29, 0.717) is 6.54 Å². The molecule has 2 aromatic rings. The van der Waals surface area contributed by atoms with Gasteiger partial charge in [0.25, 0.3) is 0 Å². The molecule has 0 bridgehead atoms. The second kappa shape index (κ2) is 6.90. The molecule has 0 unspecified atom stereocenters. The molecule has 2 aromatic heterocycles. The quantitative estimate of drug-likeness (QED) is 0.887. The highest BCUT2D eigenvalue weighted by molar-refractivity contribution is 7.09. The van der Waals surface area contributed by atoms with Crippen LogP contribution in [0.5, 0.6) is 0 Å². The van der Waals surface area contributed by atoms with Gasteiger partial charge in [0, 0.05) is 22.5 Å². The molecule has 0 aromatic carbocycles. The van der Waals surface area contributed by atoms with Gasteiger partial charge in [0.05, 0.1) is 6.42 Å². The molecule has 0 aliphatic carbocycles. The molecule has 4 nitrogen and oxygen atoms in total. The van der Waals surface area contributed by atoms with Crippen LogP contribution in [0.4, 0.5) is 0 Å². The zero-order chi connectivity index (χ0) is 14.5. The van der Waals surface area contributed by atoms with Gasteiger partial charge in [0.2, 0.25) is 0 Å². The summed E-state index contributed by atoms with van der Waals surface area (Å²) in [5, 5.41) is 3.15. The van der Waals surface area contributed by atoms with Crippen molar-refractivity contribution in [3.63, 3.8) is 0 Å². The monoisotopic (exact) mass is 290 g/mol. The lowest BCUT2D eigenvalue weighted by Crippen LogP contribution is -2.13. The van der Waals surface area contributed by atoms with Gasteiger partial charge in [0.15, 0.2) is 0 Å². The van der Waals surface area contributed by atoms with E-state index >= 15 is 0 Å². The van der Waals surface area contributed by atoms with Crippen LogP contribution in [0.25, 0.3) is 0 Å². The van der Waals surface area contributed by atoms with Gasteiger partial charge in [-0.1, -0.05) is 13.8 Å². The highest BCUT2D eigenvalue weighted by Gasteiger charge is 2.13. The molecule has 2 N–H and O–H groups in total. The van der Waals surface area contributed by atoms with Crippen molar-refractivity contribution >= 4 is 11.3 Å². The lowest BCUT2D eigenvalue weighted by atomic mass is 10.0. The molecule has 5 heteroatoms. The molecule has 2 heterocycles. The number of aryl methyl sites for hydroxylation is 3. The van der Waals surface area contributed by atoms with Crippen molar-refractivity contribution in [1.82, 2.24) is 15.0 Å². The van der Waals surface area contributed by atoms with Crippen molar-refractivity contribution in [1.29, 1.82) is 0 Å². The van der Waals surface area contributed by atoms with Gasteiger partial charge in [-0.2, -0.15) is 0 Å². The molecule has 0 spiro atoms. The first-order valence-corrected chi connectivity index (χ1v) is 8.04. The van der Waals surface area contributed by atoms with Gasteiger partial charge < -0.3 is 5.73 Å². The Morgan fingerprint density at radius 3 is 2.20 bits per heavy atom. The van der Waals surface area contributed by atoms with E-state index in [0.717, 1.165) is 53.6 Å². The molecule has 0 amide bonds. The van der Waals surface area contributed by atoms with E-state index in [9.17, 15) is 0 Å². The molecule has 0 atom stereocenters. The van der Waals surface area contributed by atoms with Crippen LogP contribution >= 0.6 is 11.3 Å². The van der Waals surface area contributed by atoms with Gasteiger partial charge in [-0.15, -0.1) is 11.3 Å². The fourth-order valence-corrected chi connectivity index (χ4v) is 3.12. The molecule has 20 heavy (non-hydrogen) atoms. The molecule has 0 aliphatic rings. The molecule has 0 saturated heterocycles. The molecule has 0 aliphatic heterocycles. The first kappa shape index (κ1) is 15.1. The van der Waals surface area contributed by atoms with Crippen molar-refractivity contribution in [2.24, 2.45) is 5.73 Å². The van der Waals surface area contributed by atoms with Crippen molar-refractivity contribution in [2.75, 3.05) is 6.54 Å². The zero-order valence-electron chi connectivity index (χ0n) is 12.4. The number of hydrogen-bond donors (Lipinski definition) is 1. The van der Waals surface area contributed by atoms with E-state index in [1.807, 2.05) is 6.92 Å². The average Bonchev–Trinajstić information content (AvgIpc) is 2.85. The van der Waals surface area contributed by atoms with Gasteiger partial charge in [-0.3, -0.25) is 0 Å². The summed E-state index contributed by atoms with van der Waals surface area (Å²) in [6.07, 6.45) is 3.44. The molecular formula is C15H22N4S. The maximum absolute atomic E-state index is 5.71. The minimum absolute atomic E-state index is 0.647. The fourth-order valence-electron chi connectivity index (χ4n) is 2.35. The molecular weight excluding hydrogens is 268 g/mol. The second-order valence-corrected chi connectivity index (χ2v) is 5.76. The third-order valence-electron chi connectivity index (χ3n) is 3.26. The van der Waals surface area contributed by atoms with Gasteiger partial charge in [0.1, 0.15) is 10.8 Å². The Hall–Kier alpha value is -1.33. The van der Waals surface area contributed by atoms with E-state index in [4.69, 9.17) is 15.7 Å². The van der Waals surface area contributed by atoms with E-state index in [1.165, 1.54) is 5.56 Å². The van der Waals surface area contributed by atoms with Crippen LogP contribution in [-0.2, 0) is 25.7 Å². The van der Waals surface area contributed by atoms with Crippen LogP contribution in [0.2, 0.25) is 0 Å². The van der Waals surface area contributed by atoms with Crippen LogP contribution in [0.15, 0.2) is 5.38 Å². The topological polar surface area (TPSA) is 64.7 Å². The van der Waals surface area contributed by atoms with Crippen LogP contribution in [-0.4, -0.2) is 21.5 Å². The molecule has 0 fully saturated rings. The Balaban J connectivity index is 2.34.